The summed E-state index contributed by atoms with van der Waals surface area (Å²) in [6.45, 7) is 1.55. The van der Waals surface area contributed by atoms with Gasteiger partial charge in [0.25, 0.3) is 5.91 Å². The summed E-state index contributed by atoms with van der Waals surface area (Å²) in [6.07, 6.45) is 1.51. The number of amides is 1. The Morgan fingerprint density at radius 1 is 1.38 bits per heavy atom. The molecule has 0 aliphatic rings. The van der Waals surface area contributed by atoms with E-state index in [0.717, 1.165) is 15.1 Å². The van der Waals surface area contributed by atoms with Crippen LogP contribution in [0.3, 0.4) is 0 Å². The maximum atomic E-state index is 13.5. The van der Waals surface area contributed by atoms with Crippen LogP contribution in [0.2, 0.25) is 0 Å². The average molecular weight is 417 g/mol. The summed E-state index contributed by atoms with van der Waals surface area (Å²) in [7, 11) is 0. The van der Waals surface area contributed by atoms with Crippen LogP contribution in [-0.4, -0.2) is 25.5 Å². The fraction of sp³-hybridized carbons (Fsp3) is 0.143. The van der Waals surface area contributed by atoms with Crippen LogP contribution < -0.4 is 5.32 Å². The molecule has 3 aromatic rings. The summed E-state index contributed by atoms with van der Waals surface area (Å²) in [5.74, 6) is -0.302. The molecule has 0 radical (unpaired) electrons. The summed E-state index contributed by atoms with van der Waals surface area (Å²) in [6, 6.07) is 5.69. The highest BCUT2D eigenvalue weighted by atomic mass is 79.9. The van der Waals surface area contributed by atoms with Crippen molar-refractivity contribution in [1.29, 1.82) is 0 Å². The number of alkyl halides is 3. The summed E-state index contributed by atoms with van der Waals surface area (Å²) in [5.41, 5.74) is -0.217. The molecule has 124 valence electrons. The molecule has 0 saturated heterocycles. The Hall–Kier alpha value is -2.13. The number of nitrogens with one attached hydrogen (secondary N) is 1. The number of carbonyl (C=O) groups excluding carboxylic acids is 1. The van der Waals surface area contributed by atoms with Gasteiger partial charge < -0.3 is 5.32 Å². The van der Waals surface area contributed by atoms with Gasteiger partial charge in [-0.1, -0.05) is 0 Å². The van der Waals surface area contributed by atoms with Crippen molar-refractivity contribution in [2.45, 2.75) is 12.3 Å². The number of nitrogens with zero attached hydrogens (tertiary/aromatic N) is 4. The predicted octanol–water partition coefficient (Wildman–Crippen LogP) is 3.74. The zero-order valence-corrected chi connectivity index (χ0v) is 14.4. The molecule has 0 bridgehead atoms. The zero-order valence-electron chi connectivity index (χ0n) is 12.1. The lowest BCUT2D eigenvalue weighted by Gasteiger charge is -2.10. The minimum absolute atomic E-state index is 0.0833. The zero-order chi connectivity index (χ0) is 17.5. The molecule has 0 aromatic carbocycles. The number of hydrogen-bond donors (Lipinski definition) is 1. The lowest BCUT2D eigenvalue weighted by molar-refractivity contribution is 0.0868. The number of rotatable bonds is 3. The van der Waals surface area contributed by atoms with Gasteiger partial charge in [0.15, 0.2) is 11.3 Å². The molecule has 0 atom stereocenters. The van der Waals surface area contributed by atoms with Gasteiger partial charge in [-0.2, -0.15) is 13.9 Å². The molecule has 0 saturated carbocycles. The van der Waals surface area contributed by atoms with E-state index in [1.807, 2.05) is 0 Å². The van der Waals surface area contributed by atoms with Gasteiger partial charge in [-0.15, -0.1) is 0 Å². The molecule has 1 N–H and O–H groups in total. The monoisotopic (exact) mass is 415 g/mol. The van der Waals surface area contributed by atoms with Crippen LogP contribution in [0.15, 0.2) is 34.9 Å². The Morgan fingerprint density at radius 3 is 2.75 bits per heavy atom. The van der Waals surface area contributed by atoms with Gasteiger partial charge in [0.2, 0.25) is 0 Å². The molecule has 6 nitrogen and oxygen atoms in total. The molecule has 0 unspecified atom stereocenters. The molecule has 0 aliphatic carbocycles. The highest BCUT2D eigenvalue weighted by molar-refractivity contribution is 9.10. The number of fused-ring (bicyclic) bond motifs is 1. The Balaban J connectivity index is 1.98. The first-order chi connectivity index (χ1) is 11.2. The summed E-state index contributed by atoms with van der Waals surface area (Å²) < 4.78 is 28.6. The molecular weight excluding hydrogens is 408 g/mol. The third-order valence-corrected chi connectivity index (χ3v) is 3.71. The third kappa shape index (κ3) is 3.36. The number of carbonyl (C=O) groups is 1. The van der Waals surface area contributed by atoms with Crippen molar-refractivity contribution < 1.29 is 13.6 Å². The molecule has 3 rings (SSSR count). The van der Waals surface area contributed by atoms with Crippen LogP contribution in [0.5, 0.6) is 0 Å². The first-order valence-electron chi connectivity index (χ1n) is 6.61. The number of aryl methyl sites for hydroxylation is 1. The van der Waals surface area contributed by atoms with E-state index in [4.69, 9.17) is 11.6 Å². The molecule has 10 heteroatoms. The number of anilines is 1. The number of aromatic nitrogens is 4. The highest BCUT2D eigenvalue weighted by Gasteiger charge is 2.32. The van der Waals surface area contributed by atoms with E-state index in [2.05, 4.69) is 36.3 Å². The van der Waals surface area contributed by atoms with Crippen molar-refractivity contribution in [3.05, 3.63) is 52.0 Å². The van der Waals surface area contributed by atoms with Gasteiger partial charge >= 0.3 is 5.38 Å². The lowest BCUT2D eigenvalue weighted by Crippen LogP contribution is -2.15. The van der Waals surface area contributed by atoms with Crippen molar-refractivity contribution in [3.8, 4) is 0 Å². The topological polar surface area (TPSA) is 72.2 Å². The molecule has 0 spiro atoms. The highest BCUT2D eigenvalue weighted by Crippen LogP contribution is 2.32. The third-order valence-electron chi connectivity index (χ3n) is 3.05. The lowest BCUT2D eigenvalue weighted by atomic mass is 10.3. The van der Waals surface area contributed by atoms with E-state index in [1.165, 1.54) is 12.3 Å². The van der Waals surface area contributed by atoms with Crippen LogP contribution >= 0.6 is 27.5 Å². The Bertz CT molecular complexity index is 923. The van der Waals surface area contributed by atoms with Crippen LogP contribution in [0, 0.1) is 6.92 Å². The molecule has 0 aliphatic heterocycles. The van der Waals surface area contributed by atoms with Gasteiger partial charge in [-0.05, 0) is 52.7 Å². The number of hydrogen-bond acceptors (Lipinski definition) is 4. The smallest absolute Gasteiger partial charge is 0.305 e. The van der Waals surface area contributed by atoms with E-state index in [-0.39, 0.29) is 11.3 Å². The standard InChI is InChI=1S/C14H9BrClF2N5O/c1-7-4-10(14(16,17)18)23-12(20-7)5-9(22-23)13(24)21-11-3-2-8(15)6-19-11/h2-6H,1H3,(H,19,21,24). The van der Waals surface area contributed by atoms with Crippen molar-refractivity contribution in [1.82, 2.24) is 19.6 Å². The Morgan fingerprint density at radius 2 is 2.12 bits per heavy atom. The van der Waals surface area contributed by atoms with E-state index in [0.29, 0.717) is 11.5 Å². The fourth-order valence-electron chi connectivity index (χ4n) is 2.04. The number of pyridine rings is 1. The first kappa shape index (κ1) is 16.7. The van der Waals surface area contributed by atoms with Crippen molar-refractivity contribution in [2.24, 2.45) is 0 Å². The largest absolute Gasteiger partial charge is 0.364 e. The van der Waals surface area contributed by atoms with E-state index in [9.17, 15) is 13.6 Å². The van der Waals surface area contributed by atoms with Gasteiger partial charge in [0.05, 0.1) is 0 Å². The average Bonchev–Trinajstić information content (AvgIpc) is 2.91. The normalized spacial score (nSPS) is 11.7. The second-order valence-corrected chi connectivity index (χ2v) is 6.29. The second-order valence-electron chi connectivity index (χ2n) is 4.90. The summed E-state index contributed by atoms with van der Waals surface area (Å²) in [5, 5.41) is 2.76. The predicted molar refractivity (Wildman–Crippen MR) is 87.4 cm³/mol. The molecular formula is C14H9BrClF2N5O. The van der Waals surface area contributed by atoms with Crippen LogP contribution in [0.1, 0.15) is 21.9 Å². The van der Waals surface area contributed by atoms with E-state index >= 15 is 0 Å². The van der Waals surface area contributed by atoms with Crippen molar-refractivity contribution in [3.63, 3.8) is 0 Å². The minimum atomic E-state index is -3.64. The van der Waals surface area contributed by atoms with E-state index in [1.54, 1.807) is 19.1 Å². The van der Waals surface area contributed by atoms with Crippen LogP contribution in [0.25, 0.3) is 5.65 Å². The van der Waals surface area contributed by atoms with Gasteiger partial charge in [0.1, 0.15) is 11.5 Å². The van der Waals surface area contributed by atoms with E-state index < -0.39 is 17.0 Å². The maximum Gasteiger partial charge on any atom is 0.364 e. The van der Waals surface area contributed by atoms with Crippen molar-refractivity contribution in [2.75, 3.05) is 5.32 Å². The molecule has 24 heavy (non-hydrogen) atoms. The quantitative estimate of drug-likeness (QED) is 0.660. The Kier molecular flexibility index (Phi) is 4.22. The number of halogens is 4. The molecule has 1 amide bonds. The van der Waals surface area contributed by atoms with Crippen LogP contribution in [-0.2, 0) is 5.38 Å². The first-order valence-corrected chi connectivity index (χ1v) is 7.78. The maximum absolute atomic E-state index is 13.5. The molecule has 3 heterocycles. The van der Waals surface area contributed by atoms with Gasteiger partial charge in [-0.25, -0.2) is 14.5 Å². The molecule has 3 aromatic heterocycles. The van der Waals surface area contributed by atoms with Crippen LogP contribution in [0.4, 0.5) is 14.6 Å². The van der Waals surface area contributed by atoms with Gasteiger partial charge in [-0.3, -0.25) is 4.79 Å². The minimum Gasteiger partial charge on any atom is -0.305 e. The van der Waals surface area contributed by atoms with Gasteiger partial charge in [0, 0.05) is 22.4 Å². The summed E-state index contributed by atoms with van der Waals surface area (Å²) >= 11 is 8.34. The fourth-order valence-corrected chi connectivity index (χ4v) is 2.41. The van der Waals surface area contributed by atoms with Crippen molar-refractivity contribution >= 4 is 44.9 Å². The summed E-state index contributed by atoms with van der Waals surface area (Å²) in [4.78, 5) is 20.3. The Labute approximate surface area is 148 Å². The molecule has 0 fully saturated rings. The SMILES string of the molecule is Cc1cc(C(F)(F)Cl)n2nc(C(=O)Nc3ccc(Br)cn3)cc2n1. The second kappa shape index (κ2) is 6.06.